The van der Waals surface area contributed by atoms with Gasteiger partial charge in [-0.3, -0.25) is 4.31 Å². The molecule has 1 heterocycles. The van der Waals surface area contributed by atoms with E-state index in [0.717, 1.165) is 34.6 Å². The maximum absolute atomic E-state index is 13.5. The standard InChI is InChI=1S/C29H43ClN2OS3.3C2H6/c1-26(2,3)18-28(6,7)34-35-29(8,9)19-27(4,5)31-25-21-13-11-12-14-23(21)32(10)36(33)24-17-20(30)15-16-22(24)25;3*1-2/h11-17,25,31H,18-19H2,1-10H3;3*1-2H3. The minimum atomic E-state index is -1.34. The smallest absolute Gasteiger partial charge is 0.153 e. The zero-order chi connectivity index (χ0) is 33.1. The van der Waals surface area contributed by atoms with E-state index in [1.165, 1.54) is 0 Å². The zero-order valence-corrected chi connectivity index (χ0v) is 32.7. The van der Waals surface area contributed by atoms with Crippen molar-refractivity contribution in [3.05, 3.63) is 58.6 Å². The van der Waals surface area contributed by atoms with Gasteiger partial charge < -0.3 is 5.32 Å². The van der Waals surface area contributed by atoms with Crippen LogP contribution in [0.25, 0.3) is 0 Å². The van der Waals surface area contributed by atoms with Crippen molar-refractivity contribution in [2.75, 3.05) is 11.4 Å². The number of para-hydroxylation sites is 1. The molecule has 2 aromatic rings. The van der Waals surface area contributed by atoms with Gasteiger partial charge in [0.1, 0.15) is 0 Å². The third-order valence-electron chi connectivity index (χ3n) is 6.16. The molecule has 3 rings (SSSR count). The third-order valence-corrected chi connectivity index (χ3v) is 12.1. The summed E-state index contributed by atoms with van der Waals surface area (Å²) in [6, 6.07) is 14.0. The molecule has 2 aromatic carbocycles. The Labute approximate surface area is 276 Å². The Bertz CT molecular complexity index is 1110. The van der Waals surface area contributed by atoms with E-state index < -0.39 is 11.0 Å². The van der Waals surface area contributed by atoms with Gasteiger partial charge in [-0.1, -0.05) is 120 Å². The van der Waals surface area contributed by atoms with Crippen molar-refractivity contribution < 1.29 is 4.21 Å². The molecule has 242 valence electrons. The maximum Gasteiger partial charge on any atom is 0.153 e. The molecule has 0 aromatic heterocycles. The first-order chi connectivity index (χ1) is 19.4. The van der Waals surface area contributed by atoms with Crippen LogP contribution < -0.4 is 9.62 Å². The van der Waals surface area contributed by atoms with Crippen molar-refractivity contribution in [3.8, 4) is 0 Å². The number of halogens is 1. The van der Waals surface area contributed by atoms with Crippen molar-refractivity contribution in [3.63, 3.8) is 0 Å². The second-order valence-corrected chi connectivity index (χ2v) is 18.5. The second-order valence-electron chi connectivity index (χ2n) is 13.0. The quantitative estimate of drug-likeness (QED) is 0.287. The average Bonchev–Trinajstić information content (AvgIpc) is 2.99. The van der Waals surface area contributed by atoms with Gasteiger partial charge in [0.05, 0.1) is 16.6 Å². The fraction of sp³-hybridized carbons (Fsp3) is 0.657. The summed E-state index contributed by atoms with van der Waals surface area (Å²) in [7, 11) is 4.56. The molecular formula is C35H61ClN2OS3. The lowest BCUT2D eigenvalue weighted by molar-refractivity contribution is 0.311. The molecule has 0 bridgehead atoms. The highest BCUT2D eigenvalue weighted by molar-refractivity contribution is 8.77. The van der Waals surface area contributed by atoms with E-state index in [9.17, 15) is 4.21 Å². The van der Waals surface area contributed by atoms with Crippen LogP contribution in [0, 0.1) is 5.41 Å². The van der Waals surface area contributed by atoms with Crippen LogP contribution in [-0.2, 0) is 11.0 Å². The fourth-order valence-corrected chi connectivity index (χ4v) is 10.1. The second kappa shape index (κ2) is 17.7. The van der Waals surface area contributed by atoms with Gasteiger partial charge >= 0.3 is 0 Å². The highest BCUT2D eigenvalue weighted by atomic mass is 35.5. The maximum atomic E-state index is 13.5. The Morgan fingerprint density at radius 1 is 0.786 bits per heavy atom. The first-order valence-corrected chi connectivity index (χ1v) is 19.2. The van der Waals surface area contributed by atoms with Crippen LogP contribution in [0.5, 0.6) is 0 Å². The van der Waals surface area contributed by atoms with E-state index in [2.05, 4.69) is 85.8 Å². The number of hydrogen-bond acceptors (Lipinski definition) is 4. The molecule has 2 atom stereocenters. The topological polar surface area (TPSA) is 32.3 Å². The van der Waals surface area contributed by atoms with E-state index >= 15 is 0 Å². The normalized spacial score (nSPS) is 16.7. The highest BCUT2D eigenvalue weighted by Gasteiger charge is 2.37. The van der Waals surface area contributed by atoms with Crippen LogP contribution in [-0.4, -0.2) is 26.3 Å². The van der Waals surface area contributed by atoms with Gasteiger partial charge in [-0.25, -0.2) is 4.21 Å². The van der Waals surface area contributed by atoms with Crippen LogP contribution >= 0.6 is 33.2 Å². The molecule has 1 N–H and O–H groups in total. The summed E-state index contributed by atoms with van der Waals surface area (Å²) >= 11 is 6.36. The van der Waals surface area contributed by atoms with E-state index in [0.29, 0.717) is 10.4 Å². The summed E-state index contributed by atoms with van der Waals surface area (Å²) in [4.78, 5) is 0.766. The number of rotatable bonds is 8. The third kappa shape index (κ3) is 12.8. The number of hydrogen-bond donors (Lipinski definition) is 1. The Hall–Kier alpha value is -0.660. The lowest BCUT2D eigenvalue weighted by Gasteiger charge is -2.40. The molecule has 0 aliphatic carbocycles. The molecule has 0 saturated carbocycles. The SMILES string of the molecule is CC.CC.CC.CN1c2ccccc2C(NC(C)(C)CC(C)(C)SSC(C)(C)CC(C)(C)C)c2ccc(Cl)cc2S1=O. The van der Waals surface area contributed by atoms with E-state index in [-0.39, 0.29) is 21.1 Å². The lowest BCUT2D eigenvalue weighted by atomic mass is 9.86. The Morgan fingerprint density at radius 3 is 1.81 bits per heavy atom. The molecule has 0 saturated heterocycles. The van der Waals surface area contributed by atoms with Crippen LogP contribution in [0.3, 0.4) is 0 Å². The molecule has 0 fully saturated rings. The van der Waals surface area contributed by atoms with Crippen molar-refractivity contribution in [1.82, 2.24) is 5.32 Å². The van der Waals surface area contributed by atoms with Crippen LogP contribution in [0.1, 0.15) is 134 Å². The van der Waals surface area contributed by atoms with Crippen LogP contribution in [0.4, 0.5) is 5.69 Å². The van der Waals surface area contributed by atoms with Crippen molar-refractivity contribution >= 4 is 49.9 Å². The largest absolute Gasteiger partial charge is 0.301 e. The molecule has 0 radical (unpaired) electrons. The first-order valence-electron chi connectivity index (χ1n) is 15.6. The molecule has 0 spiro atoms. The van der Waals surface area contributed by atoms with Crippen LogP contribution in [0.2, 0.25) is 5.02 Å². The fourth-order valence-electron chi connectivity index (χ4n) is 5.54. The predicted octanol–water partition coefficient (Wildman–Crippen LogP) is 12.1. The monoisotopic (exact) mass is 656 g/mol. The van der Waals surface area contributed by atoms with Gasteiger partial charge in [0, 0.05) is 27.1 Å². The first kappa shape index (κ1) is 41.3. The van der Waals surface area contributed by atoms with Crippen LogP contribution in [0.15, 0.2) is 47.4 Å². The average molecular weight is 658 g/mol. The van der Waals surface area contributed by atoms with Crippen molar-refractivity contribution in [2.45, 2.75) is 143 Å². The molecule has 0 amide bonds. The summed E-state index contributed by atoms with van der Waals surface area (Å²) in [6.45, 7) is 32.9. The Balaban J connectivity index is 0.00000263. The number of anilines is 1. The van der Waals surface area contributed by atoms with Crippen molar-refractivity contribution in [1.29, 1.82) is 0 Å². The highest BCUT2D eigenvalue weighted by Crippen LogP contribution is 2.50. The molecule has 42 heavy (non-hydrogen) atoms. The van der Waals surface area contributed by atoms with Gasteiger partial charge in [-0.05, 0) is 89.1 Å². The van der Waals surface area contributed by atoms with Gasteiger partial charge in [0.15, 0.2) is 11.0 Å². The molecule has 2 unspecified atom stereocenters. The van der Waals surface area contributed by atoms with E-state index in [4.69, 9.17) is 11.6 Å². The number of nitrogens with one attached hydrogen (secondary N) is 1. The van der Waals surface area contributed by atoms with Gasteiger partial charge in [-0.2, -0.15) is 0 Å². The Kier molecular flexibility index (Phi) is 17.5. The van der Waals surface area contributed by atoms with Gasteiger partial charge in [0.2, 0.25) is 0 Å². The Morgan fingerprint density at radius 2 is 1.29 bits per heavy atom. The molecule has 1 aliphatic rings. The molecule has 7 heteroatoms. The van der Waals surface area contributed by atoms with Crippen molar-refractivity contribution in [2.24, 2.45) is 5.41 Å². The van der Waals surface area contributed by atoms with Gasteiger partial charge in [-0.15, -0.1) is 0 Å². The summed E-state index contributed by atoms with van der Waals surface area (Å²) in [5, 5.41) is 4.58. The summed E-state index contributed by atoms with van der Waals surface area (Å²) in [6.07, 6.45) is 2.14. The summed E-state index contributed by atoms with van der Waals surface area (Å²) < 4.78 is 15.6. The lowest BCUT2D eigenvalue weighted by Crippen LogP contribution is -2.46. The minimum Gasteiger partial charge on any atom is -0.301 e. The zero-order valence-electron chi connectivity index (χ0n) is 29.5. The number of nitrogens with zero attached hydrogens (tertiary/aromatic N) is 1. The van der Waals surface area contributed by atoms with Gasteiger partial charge in [0.25, 0.3) is 0 Å². The minimum absolute atomic E-state index is 0.0585. The van der Waals surface area contributed by atoms with E-state index in [1.807, 2.05) is 98.7 Å². The molecule has 1 aliphatic heterocycles. The predicted molar refractivity (Wildman–Crippen MR) is 198 cm³/mol. The summed E-state index contributed by atoms with van der Waals surface area (Å²) in [5.74, 6) is 0. The molecule has 3 nitrogen and oxygen atoms in total. The number of fused-ring (bicyclic) bond motifs is 2. The molecular weight excluding hydrogens is 596 g/mol. The van der Waals surface area contributed by atoms with E-state index in [1.54, 1.807) is 0 Å². The summed E-state index contributed by atoms with van der Waals surface area (Å²) in [5.41, 5.74) is 3.26. The number of benzene rings is 2.